The molecule has 1 N–H and O–H groups in total. The van der Waals surface area contributed by atoms with Crippen LogP contribution in [-0.4, -0.2) is 38.2 Å². The molecule has 1 aromatic carbocycles. The number of anilines is 2. The second-order valence-electron chi connectivity index (χ2n) is 6.35. The summed E-state index contributed by atoms with van der Waals surface area (Å²) < 4.78 is 10.5. The van der Waals surface area contributed by atoms with E-state index in [-0.39, 0.29) is 5.91 Å². The van der Waals surface area contributed by atoms with Gasteiger partial charge in [0.25, 0.3) is 5.91 Å². The number of nitrogens with one attached hydrogen (secondary N) is 1. The summed E-state index contributed by atoms with van der Waals surface area (Å²) >= 11 is 0. The maximum absolute atomic E-state index is 12.7. The monoisotopic (exact) mass is 355 g/mol. The quantitative estimate of drug-likeness (QED) is 0.885. The van der Waals surface area contributed by atoms with Gasteiger partial charge in [0.2, 0.25) is 0 Å². The van der Waals surface area contributed by atoms with E-state index in [4.69, 9.17) is 9.47 Å². The molecule has 1 aromatic heterocycles. The number of benzene rings is 1. The Balaban J connectivity index is 1.79. The molecule has 0 unspecified atom stereocenters. The Morgan fingerprint density at radius 3 is 2.50 bits per heavy atom. The predicted octanol–water partition coefficient (Wildman–Crippen LogP) is 3.73. The summed E-state index contributed by atoms with van der Waals surface area (Å²) in [5.41, 5.74) is 2.09. The van der Waals surface area contributed by atoms with Crippen molar-refractivity contribution >= 4 is 17.3 Å². The molecule has 6 nitrogen and oxygen atoms in total. The van der Waals surface area contributed by atoms with Gasteiger partial charge in [0, 0.05) is 25.4 Å². The second kappa shape index (κ2) is 8.56. The van der Waals surface area contributed by atoms with Crippen LogP contribution in [0, 0.1) is 0 Å². The molecule has 0 radical (unpaired) electrons. The zero-order chi connectivity index (χ0) is 18.4. The first kappa shape index (κ1) is 18.0. The van der Waals surface area contributed by atoms with Gasteiger partial charge < -0.3 is 19.7 Å². The smallest absolute Gasteiger partial charge is 0.257 e. The predicted molar refractivity (Wildman–Crippen MR) is 102 cm³/mol. The van der Waals surface area contributed by atoms with Crippen LogP contribution in [0.15, 0.2) is 36.7 Å². The molecular formula is C20H25N3O3. The Morgan fingerprint density at radius 2 is 1.81 bits per heavy atom. The van der Waals surface area contributed by atoms with Gasteiger partial charge in [-0.3, -0.25) is 9.78 Å². The normalized spacial score (nSPS) is 14.5. The van der Waals surface area contributed by atoms with Crippen molar-refractivity contribution in [2.45, 2.75) is 25.7 Å². The van der Waals surface area contributed by atoms with Crippen LogP contribution >= 0.6 is 0 Å². The minimum atomic E-state index is -0.222. The summed E-state index contributed by atoms with van der Waals surface area (Å²) in [5, 5.41) is 2.89. The van der Waals surface area contributed by atoms with Gasteiger partial charge in [-0.1, -0.05) is 12.8 Å². The lowest BCUT2D eigenvalue weighted by Crippen LogP contribution is -2.24. The van der Waals surface area contributed by atoms with Gasteiger partial charge in [-0.05, 0) is 31.0 Å². The first-order valence-electron chi connectivity index (χ1n) is 8.94. The van der Waals surface area contributed by atoms with E-state index in [1.807, 2.05) is 12.3 Å². The Hall–Kier alpha value is -2.76. The van der Waals surface area contributed by atoms with E-state index in [0.29, 0.717) is 22.7 Å². The van der Waals surface area contributed by atoms with Crippen LogP contribution in [-0.2, 0) is 0 Å². The van der Waals surface area contributed by atoms with Crippen molar-refractivity contribution in [2.24, 2.45) is 0 Å². The molecule has 1 fully saturated rings. The SMILES string of the molecule is COc1ccc(OC)c(NC(=O)c2cncc(N3CCCCCC3)c2)c1. The lowest BCUT2D eigenvalue weighted by atomic mass is 10.2. The van der Waals surface area contributed by atoms with E-state index < -0.39 is 0 Å². The van der Waals surface area contributed by atoms with Crippen LogP contribution in [0.3, 0.4) is 0 Å². The highest BCUT2D eigenvalue weighted by Gasteiger charge is 2.15. The van der Waals surface area contributed by atoms with Crippen molar-refractivity contribution in [3.8, 4) is 11.5 Å². The van der Waals surface area contributed by atoms with Crippen molar-refractivity contribution in [3.63, 3.8) is 0 Å². The number of nitrogens with zero attached hydrogens (tertiary/aromatic N) is 2. The van der Waals surface area contributed by atoms with Crippen molar-refractivity contribution < 1.29 is 14.3 Å². The number of amides is 1. The van der Waals surface area contributed by atoms with Crippen LogP contribution < -0.4 is 19.7 Å². The minimum Gasteiger partial charge on any atom is -0.497 e. The number of hydrogen-bond donors (Lipinski definition) is 1. The fraction of sp³-hybridized carbons (Fsp3) is 0.400. The largest absolute Gasteiger partial charge is 0.497 e. The van der Waals surface area contributed by atoms with Crippen LogP contribution in [0.5, 0.6) is 11.5 Å². The third-order valence-electron chi connectivity index (χ3n) is 4.61. The number of methoxy groups -OCH3 is 2. The molecule has 138 valence electrons. The second-order valence-corrected chi connectivity index (χ2v) is 6.35. The van der Waals surface area contributed by atoms with Crippen LogP contribution in [0.25, 0.3) is 0 Å². The summed E-state index contributed by atoms with van der Waals surface area (Å²) in [7, 11) is 3.15. The lowest BCUT2D eigenvalue weighted by Gasteiger charge is -2.22. The molecule has 26 heavy (non-hydrogen) atoms. The molecule has 2 heterocycles. The molecule has 1 aliphatic heterocycles. The van der Waals surface area contributed by atoms with Crippen LogP contribution in [0.1, 0.15) is 36.0 Å². The molecule has 3 rings (SSSR count). The maximum Gasteiger partial charge on any atom is 0.257 e. The summed E-state index contributed by atoms with van der Waals surface area (Å²) in [6, 6.07) is 7.19. The van der Waals surface area contributed by atoms with Crippen LogP contribution in [0.2, 0.25) is 0 Å². The first-order chi connectivity index (χ1) is 12.7. The third-order valence-corrected chi connectivity index (χ3v) is 4.61. The number of pyridine rings is 1. The van der Waals surface area contributed by atoms with Gasteiger partial charge in [-0.2, -0.15) is 0 Å². The van der Waals surface area contributed by atoms with Crippen molar-refractivity contribution in [1.82, 2.24) is 4.98 Å². The first-order valence-corrected chi connectivity index (χ1v) is 8.94. The van der Waals surface area contributed by atoms with Gasteiger partial charge >= 0.3 is 0 Å². The Labute approximate surface area is 154 Å². The van der Waals surface area contributed by atoms with Crippen LogP contribution in [0.4, 0.5) is 11.4 Å². The fourth-order valence-corrected chi connectivity index (χ4v) is 3.16. The average Bonchev–Trinajstić information content (AvgIpc) is 2.97. The number of carbonyl (C=O) groups is 1. The molecule has 0 atom stereocenters. The topological polar surface area (TPSA) is 63.7 Å². The van der Waals surface area contributed by atoms with Gasteiger partial charge in [0.05, 0.1) is 37.4 Å². The van der Waals surface area contributed by atoms with Gasteiger partial charge in [0.1, 0.15) is 11.5 Å². The van der Waals surface area contributed by atoms with Gasteiger partial charge in [-0.15, -0.1) is 0 Å². The highest BCUT2D eigenvalue weighted by molar-refractivity contribution is 6.05. The number of hydrogen-bond acceptors (Lipinski definition) is 5. The number of aromatic nitrogens is 1. The van der Waals surface area contributed by atoms with E-state index in [0.717, 1.165) is 18.8 Å². The summed E-state index contributed by atoms with van der Waals surface area (Å²) in [4.78, 5) is 19.3. The molecule has 0 saturated carbocycles. The van der Waals surface area contributed by atoms with Gasteiger partial charge in [-0.25, -0.2) is 0 Å². The van der Waals surface area contributed by atoms with E-state index in [1.165, 1.54) is 25.7 Å². The summed E-state index contributed by atoms with van der Waals surface area (Å²) in [6.45, 7) is 2.02. The molecule has 0 aliphatic carbocycles. The minimum absolute atomic E-state index is 0.222. The van der Waals surface area contributed by atoms with E-state index in [2.05, 4.69) is 15.2 Å². The van der Waals surface area contributed by atoms with Gasteiger partial charge in [0.15, 0.2) is 0 Å². The zero-order valence-corrected chi connectivity index (χ0v) is 15.3. The molecule has 6 heteroatoms. The van der Waals surface area contributed by atoms with Crippen molar-refractivity contribution in [1.29, 1.82) is 0 Å². The third kappa shape index (κ3) is 4.25. The summed E-state index contributed by atoms with van der Waals surface area (Å²) in [5.74, 6) is 1.01. The molecule has 1 saturated heterocycles. The van der Waals surface area contributed by atoms with E-state index in [9.17, 15) is 4.79 Å². The molecule has 0 spiro atoms. The highest BCUT2D eigenvalue weighted by Crippen LogP contribution is 2.29. The molecular weight excluding hydrogens is 330 g/mol. The molecule has 0 bridgehead atoms. The maximum atomic E-state index is 12.7. The Kier molecular flexibility index (Phi) is 5.94. The molecule has 1 aliphatic rings. The van der Waals surface area contributed by atoms with Crippen molar-refractivity contribution in [2.75, 3.05) is 37.5 Å². The molecule has 1 amide bonds. The summed E-state index contributed by atoms with van der Waals surface area (Å²) in [6.07, 6.45) is 8.30. The number of rotatable bonds is 5. The zero-order valence-electron chi connectivity index (χ0n) is 15.3. The van der Waals surface area contributed by atoms with E-state index in [1.54, 1.807) is 38.6 Å². The molecule has 2 aromatic rings. The Bertz CT molecular complexity index is 756. The number of carbonyl (C=O) groups excluding carboxylic acids is 1. The van der Waals surface area contributed by atoms with E-state index >= 15 is 0 Å². The standard InChI is InChI=1S/C20H25N3O3/c1-25-17-7-8-19(26-2)18(12-17)22-20(24)15-11-16(14-21-13-15)23-9-5-3-4-6-10-23/h7-8,11-14H,3-6,9-10H2,1-2H3,(H,22,24). The fourth-order valence-electron chi connectivity index (χ4n) is 3.16. The average molecular weight is 355 g/mol. The Morgan fingerprint density at radius 1 is 1.04 bits per heavy atom. The van der Waals surface area contributed by atoms with Crippen molar-refractivity contribution in [3.05, 3.63) is 42.2 Å². The lowest BCUT2D eigenvalue weighted by molar-refractivity contribution is 0.102. The highest BCUT2D eigenvalue weighted by atomic mass is 16.5. The number of ether oxygens (including phenoxy) is 2.